The second-order valence-corrected chi connectivity index (χ2v) is 6.97. The van der Waals surface area contributed by atoms with Gasteiger partial charge in [0.25, 0.3) is 0 Å². The Kier molecular flexibility index (Phi) is 4.72. The summed E-state index contributed by atoms with van der Waals surface area (Å²) in [5.41, 5.74) is 0.721. The first-order valence-electron chi connectivity index (χ1n) is 6.47. The Morgan fingerprint density at radius 2 is 1.90 bits per heavy atom. The predicted molar refractivity (Wildman–Crippen MR) is 72.6 cm³/mol. The van der Waals surface area contributed by atoms with Crippen LogP contribution in [-0.4, -0.2) is 38.7 Å². The quantitative estimate of drug-likeness (QED) is 0.916. The van der Waals surface area contributed by atoms with Crippen molar-refractivity contribution in [1.29, 1.82) is 0 Å². The Morgan fingerprint density at radius 3 is 2.45 bits per heavy atom. The molecule has 1 saturated heterocycles. The molecule has 1 aliphatic rings. The van der Waals surface area contributed by atoms with Gasteiger partial charge in [0.1, 0.15) is 0 Å². The molecule has 0 saturated carbocycles. The number of piperidine rings is 1. The molecule has 1 aromatic rings. The lowest BCUT2D eigenvalue weighted by molar-refractivity contribution is 0.199. The molecular formula is C13H18F2N2O2S. The van der Waals surface area contributed by atoms with Gasteiger partial charge >= 0.3 is 0 Å². The van der Waals surface area contributed by atoms with Crippen LogP contribution in [0.1, 0.15) is 18.4 Å². The van der Waals surface area contributed by atoms with Crippen molar-refractivity contribution >= 4 is 10.0 Å². The normalized spacial score (nSPS) is 18.4. The third-order valence-electron chi connectivity index (χ3n) is 3.36. The summed E-state index contributed by atoms with van der Waals surface area (Å²) in [5, 5.41) is 0. The van der Waals surface area contributed by atoms with Crippen molar-refractivity contribution < 1.29 is 17.2 Å². The number of likely N-dealkylation sites (tertiary alicyclic amines) is 1. The maximum atomic E-state index is 13.1. The van der Waals surface area contributed by atoms with Gasteiger partial charge in [-0.05, 0) is 30.5 Å². The summed E-state index contributed by atoms with van der Waals surface area (Å²) in [6, 6.07) is 3.86. The van der Waals surface area contributed by atoms with Gasteiger partial charge in [0.15, 0.2) is 11.6 Å². The van der Waals surface area contributed by atoms with E-state index in [9.17, 15) is 17.2 Å². The summed E-state index contributed by atoms with van der Waals surface area (Å²) in [6.07, 6.45) is 2.59. The minimum absolute atomic E-state index is 0.0359. The molecular weight excluding hydrogens is 286 g/mol. The molecule has 20 heavy (non-hydrogen) atoms. The second kappa shape index (κ2) is 6.15. The highest BCUT2D eigenvalue weighted by Gasteiger charge is 2.21. The largest absolute Gasteiger partial charge is 0.299 e. The van der Waals surface area contributed by atoms with E-state index >= 15 is 0 Å². The van der Waals surface area contributed by atoms with Crippen LogP contribution in [0, 0.1) is 11.6 Å². The van der Waals surface area contributed by atoms with Crippen molar-refractivity contribution in [2.75, 3.05) is 19.3 Å². The van der Waals surface area contributed by atoms with Crippen LogP contribution in [-0.2, 0) is 16.6 Å². The van der Waals surface area contributed by atoms with Crippen molar-refractivity contribution in [3.63, 3.8) is 0 Å². The fraction of sp³-hybridized carbons (Fsp3) is 0.538. The standard InChI is InChI=1S/C13H18F2N2O2S/c1-20(18,19)16-11-4-6-17(7-5-11)9-10-2-3-12(14)13(15)8-10/h2-3,8,11,16H,4-7,9H2,1H3. The number of sulfonamides is 1. The summed E-state index contributed by atoms with van der Waals surface area (Å²) in [7, 11) is -3.17. The van der Waals surface area contributed by atoms with Gasteiger partial charge < -0.3 is 0 Å². The van der Waals surface area contributed by atoms with Crippen LogP contribution in [0.15, 0.2) is 18.2 Å². The van der Waals surface area contributed by atoms with E-state index in [1.807, 2.05) is 0 Å². The van der Waals surface area contributed by atoms with E-state index in [0.29, 0.717) is 6.54 Å². The fourth-order valence-corrected chi connectivity index (χ4v) is 3.25. The lowest BCUT2D eigenvalue weighted by atomic mass is 10.1. The van der Waals surface area contributed by atoms with Crippen LogP contribution in [0.25, 0.3) is 0 Å². The zero-order valence-electron chi connectivity index (χ0n) is 11.3. The predicted octanol–water partition coefficient (Wildman–Crippen LogP) is 1.48. The summed E-state index contributed by atoms with van der Waals surface area (Å²) in [5.74, 6) is -1.68. The third-order valence-corrected chi connectivity index (χ3v) is 4.12. The van der Waals surface area contributed by atoms with Crippen molar-refractivity contribution in [2.45, 2.75) is 25.4 Å². The van der Waals surface area contributed by atoms with Gasteiger partial charge in [-0.2, -0.15) is 0 Å². The lowest BCUT2D eigenvalue weighted by Crippen LogP contribution is -2.43. The van der Waals surface area contributed by atoms with Gasteiger partial charge in [0.05, 0.1) is 6.26 Å². The fourth-order valence-electron chi connectivity index (χ4n) is 2.41. The van der Waals surface area contributed by atoms with Crippen LogP contribution in [0.3, 0.4) is 0 Å². The van der Waals surface area contributed by atoms with Gasteiger partial charge in [-0.3, -0.25) is 4.90 Å². The second-order valence-electron chi connectivity index (χ2n) is 5.19. The minimum atomic E-state index is -3.17. The molecule has 4 nitrogen and oxygen atoms in total. The number of hydrogen-bond acceptors (Lipinski definition) is 3. The first-order chi connectivity index (χ1) is 9.33. The van der Waals surface area contributed by atoms with Crippen molar-refractivity contribution in [2.24, 2.45) is 0 Å². The zero-order chi connectivity index (χ0) is 14.8. The van der Waals surface area contributed by atoms with E-state index in [-0.39, 0.29) is 6.04 Å². The molecule has 0 bridgehead atoms. The molecule has 7 heteroatoms. The Balaban J connectivity index is 1.86. The first kappa shape index (κ1) is 15.3. The maximum absolute atomic E-state index is 13.1. The average molecular weight is 304 g/mol. The van der Waals surface area contributed by atoms with E-state index < -0.39 is 21.7 Å². The van der Waals surface area contributed by atoms with Crippen molar-refractivity contribution in [3.05, 3.63) is 35.4 Å². The maximum Gasteiger partial charge on any atom is 0.208 e. The molecule has 2 rings (SSSR count). The summed E-state index contributed by atoms with van der Waals surface area (Å²) in [6.45, 7) is 2.00. The highest BCUT2D eigenvalue weighted by Crippen LogP contribution is 2.16. The van der Waals surface area contributed by atoms with Crippen LogP contribution >= 0.6 is 0 Å². The summed E-state index contributed by atoms with van der Waals surface area (Å²) < 4.78 is 50.8. The smallest absolute Gasteiger partial charge is 0.208 e. The number of nitrogens with one attached hydrogen (secondary N) is 1. The molecule has 1 N–H and O–H groups in total. The Hall–Kier alpha value is -1.05. The SMILES string of the molecule is CS(=O)(=O)NC1CCN(Cc2ccc(F)c(F)c2)CC1. The van der Waals surface area contributed by atoms with Crippen molar-refractivity contribution in [3.8, 4) is 0 Å². The molecule has 1 fully saturated rings. The van der Waals surface area contributed by atoms with Crippen molar-refractivity contribution in [1.82, 2.24) is 9.62 Å². The molecule has 1 heterocycles. The zero-order valence-corrected chi connectivity index (χ0v) is 12.1. The van der Waals surface area contributed by atoms with Crippen LogP contribution in [0.2, 0.25) is 0 Å². The molecule has 112 valence electrons. The van der Waals surface area contributed by atoms with Crippen LogP contribution < -0.4 is 4.72 Å². The Morgan fingerprint density at radius 1 is 1.25 bits per heavy atom. The number of nitrogens with zero attached hydrogens (tertiary/aromatic N) is 1. The molecule has 1 aliphatic heterocycles. The molecule has 0 unspecified atom stereocenters. The molecule has 0 atom stereocenters. The number of rotatable bonds is 4. The van der Waals surface area contributed by atoms with E-state index in [4.69, 9.17) is 0 Å². The first-order valence-corrected chi connectivity index (χ1v) is 8.36. The number of hydrogen-bond donors (Lipinski definition) is 1. The van der Waals surface area contributed by atoms with E-state index in [1.165, 1.54) is 6.07 Å². The van der Waals surface area contributed by atoms with Gasteiger partial charge in [0.2, 0.25) is 10.0 Å². The molecule has 0 radical (unpaired) electrons. The summed E-state index contributed by atoms with van der Waals surface area (Å²) >= 11 is 0. The molecule has 0 amide bonds. The lowest BCUT2D eigenvalue weighted by Gasteiger charge is -2.31. The Labute approximate surface area is 117 Å². The third kappa shape index (κ3) is 4.50. The highest BCUT2D eigenvalue weighted by atomic mass is 32.2. The highest BCUT2D eigenvalue weighted by molar-refractivity contribution is 7.88. The molecule has 1 aromatic carbocycles. The average Bonchev–Trinajstić information content (AvgIpc) is 2.35. The minimum Gasteiger partial charge on any atom is -0.299 e. The van der Waals surface area contributed by atoms with Gasteiger partial charge in [0, 0.05) is 25.7 Å². The van der Waals surface area contributed by atoms with Crippen LogP contribution in [0.5, 0.6) is 0 Å². The molecule has 0 aromatic heterocycles. The molecule has 0 aliphatic carbocycles. The number of benzene rings is 1. The topological polar surface area (TPSA) is 49.4 Å². The molecule has 0 spiro atoms. The van der Waals surface area contributed by atoms with E-state index in [2.05, 4.69) is 9.62 Å². The summed E-state index contributed by atoms with van der Waals surface area (Å²) in [4.78, 5) is 2.10. The van der Waals surface area contributed by atoms with Gasteiger partial charge in [-0.25, -0.2) is 21.9 Å². The van der Waals surface area contributed by atoms with E-state index in [0.717, 1.165) is 43.8 Å². The monoisotopic (exact) mass is 304 g/mol. The van der Waals surface area contributed by atoms with E-state index in [1.54, 1.807) is 6.07 Å². The van der Waals surface area contributed by atoms with Gasteiger partial charge in [-0.1, -0.05) is 6.07 Å². The van der Waals surface area contributed by atoms with Gasteiger partial charge in [-0.15, -0.1) is 0 Å². The Bertz CT molecular complexity index is 570. The van der Waals surface area contributed by atoms with Crippen LogP contribution in [0.4, 0.5) is 8.78 Å². The number of halogens is 2.